The zero-order chi connectivity index (χ0) is 10.8. The monoisotopic (exact) mass is 204 g/mol. The van der Waals surface area contributed by atoms with Gasteiger partial charge in [0.2, 0.25) is 0 Å². The van der Waals surface area contributed by atoms with Gasteiger partial charge in [0.25, 0.3) is 0 Å². The first-order valence-electron chi connectivity index (χ1n) is 4.32. The van der Waals surface area contributed by atoms with Crippen molar-refractivity contribution < 1.29 is 13.9 Å². The first-order chi connectivity index (χ1) is 7.22. The molecule has 2 rings (SSSR count). The van der Waals surface area contributed by atoms with E-state index in [0.29, 0.717) is 10.9 Å². The van der Waals surface area contributed by atoms with E-state index in [4.69, 9.17) is 4.42 Å². The molecule has 0 aliphatic carbocycles. The SMILES string of the molecule is COC(=O)c1ccc2ccoc(=O)c2c1. The minimum absolute atomic E-state index is 0.337. The number of benzene rings is 1. The average Bonchev–Trinajstić information content (AvgIpc) is 2.28. The Morgan fingerprint density at radius 2 is 2.13 bits per heavy atom. The molecule has 1 aromatic carbocycles. The maximum Gasteiger partial charge on any atom is 0.343 e. The third kappa shape index (κ3) is 1.61. The van der Waals surface area contributed by atoms with Gasteiger partial charge < -0.3 is 9.15 Å². The maximum absolute atomic E-state index is 11.3. The van der Waals surface area contributed by atoms with Crippen LogP contribution in [0, 0.1) is 0 Å². The maximum atomic E-state index is 11.3. The van der Waals surface area contributed by atoms with Gasteiger partial charge in [-0.15, -0.1) is 0 Å². The Kier molecular flexibility index (Phi) is 2.25. The standard InChI is InChI=1S/C11H8O4/c1-14-10(12)8-3-2-7-4-5-15-11(13)9(7)6-8/h2-6H,1H3. The van der Waals surface area contributed by atoms with Crippen LogP contribution in [0.4, 0.5) is 0 Å². The quantitative estimate of drug-likeness (QED) is 0.662. The first-order valence-corrected chi connectivity index (χ1v) is 4.32. The van der Waals surface area contributed by atoms with Crippen LogP contribution in [0.15, 0.2) is 39.7 Å². The predicted octanol–water partition coefficient (Wildman–Crippen LogP) is 1.58. The molecular formula is C11H8O4. The second kappa shape index (κ2) is 3.57. The highest BCUT2D eigenvalue weighted by Gasteiger charge is 2.07. The Bertz CT molecular complexity index is 568. The topological polar surface area (TPSA) is 56.5 Å². The highest BCUT2D eigenvalue weighted by atomic mass is 16.5. The summed E-state index contributed by atoms with van der Waals surface area (Å²) < 4.78 is 9.25. The van der Waals surface area contributed by atoms with Crippen molar-refractivity contribution in [2.24, 2.45) is 0 Å². The van der Waals surface area contributed by atoms with Crippen LogP contribution >= 0.6 is 0 Å². The Labute approximate surface area is 85.1 Å². The lowest BCUT2D eigenvalue weighted by atomic mass is 10.1. The van der Waals surface area contributed by atoms with Gasteiger partial charge in [0.05, 0.1) is 24.3 Å². The molecule has 76 valence electrons. The third-order valence-electron chi connectivity index (χ3n) is 2.12. The van der Waals surface area contributed by atoms with E-state index in [2.05, 4.69) is 4.74 Å². The van der Waals surface area contributed by atoms with Gasteiger partial charge in [-0.3, -0.25) is 0 Å². The van der Waals surface area contributed by atoms with E-state index < -0.39 is 11.6 Å². The summed E-state index contributed by atoms with van der Waals surface area (Å²) in [5.41, 5.74) is -0.123. The van der Waals surface area contributed by atoms with Crippen molar-refractivity contribution in [3.05, 3.63) is 46.5 Å². The molecule has 0 aliphatic heterocycles. The second-order valence-corrected chi connectivity index (χ2v) is 3.00. The van der Waals surface area contributed by atoms with Gasteiger partial charge in [-0.1, -0.05) is 6.07 Å². The number of ether oxygens (including phenoxy) is 1. The zero-order valence-electron chi connectivity index (χ0n) is 8.02. The summed E-state index contributed by atoms with van der Waals surface area (Å²) in [6.07, 6.45) is 1.32. The van der Waals surface area contributed by atoms with Crippen LogP contribution in [0.5, 0.6) is 0 Å². The number of rotatable bonds is 1. The minimum Gasteiger partial charge on any atom is -0.465 e. The van der Waals surface area contributed by atoms with Gasteiger partial charge >= 0.3 is 11.6 Å². The molecule has 15 heavy (non-hydrogen) atoms. The van der Waals surface area contributed by atoms with Crippen molar-refractivity contribution in [2.45, 2.75) is 0 Å². The fourth-order valence-corrected chi connectivity index (χ4v) is 1.36. The van der Waals surface area contributed by atoms with E-state index >= 15 is 0 Å². The van der Waals surface area contributed by atoms with Crippen LogP contribution in [-0.4, -0.2) is 13.1 Å². The summed E-state index contributed by atoms with van der Waals surface area (Å²) in [5, 5.41) is 1.11. The van der Waals surface area contributed by atoms with Crippen LogP contribution in [0.2, 0.25) is 0 Å². The van der Waals surface area contributed by atoms with Gasteiger partial charge in [-0.25, -0.2) is 9.59 Å². The zero-order valence-corrected chi connectivity index (χ0v) is 8.02. The average molecular weight is 204 g/mol. The molecule has 0 saturated heterocycles. The van der Waals surface area contributed by atoms with E-state index in [0.717, 1.165) is 5.39 Å². The van der Waals surface area contributed by atoms with Crippen molar-refractivity contribution in [1.82, 2.24) is 0 Å². The number of esters is 1. The Balaban J connectivity index is 2.70. The Morgan fingerprint density at radius 1 is 1.33 bits per heavy atom. The van der Waals surface area contributed by atoms with E-state index in [1.54, 1.807) is 18.2 Å². The molecule has 0 radical (unpaired) electrons. The molecule has 0 unspecified atom stereocenters. The first kappa shape index (κ1) is 9.45. The fourth-order valence-electron chi connectivity index (χ4n) is 1.36. The summed E-state index contributed by atoms with van der Waals surface area (Å²) in [4.78, 5) is 22.5. The molecule has 0 atom stereocenters. The van der Waals surface area contributed by atoms with Gasteiger partial charge in [-0.05, 0) is 23.6 Å². The predicted molar refractivity (Wildman–Crippen MR) is 53.8 cm³/mol. The highest BCUT2D eigenvalue weighted by molar-refractivity contribution is 5.94. The minimum atomic E-state index is -0.472. The van der Waals surface area contributed by atoms with Gasteiger partial charge in [0.15, 0.2) is 0 Å². The van der Waals surface area contributed by atoms with Crippen molar-refractivity contribution in [3.8, 4) is 0 Å². The van der Waals surface area contributed by atoms with Crippen molar-refractivity contribution in [2.75, 3.05) is 7.11 Å². The van der Waals surface area contributed by atoms with Crippen molar-refractivity contribution in [1.29, 1.82) is 0 Å². The van der Waals surface area contributed by atoms with Crippen LogP contribution in [-0.2, 0) is 4.74 Å². The molecule has 0 N–H and O–H groups in total. The molecule has 0 bridgehead atoms. The molecule has 1 aromatic heterocycles. The fraction of sp³-hybridized carbons (Fsp3) is 0.0909. The number of fused-ring (bicyclic) bond motifs is 1. The highest BCUT2D eigenvalue weighted by Crippen LogP contribution is 2.12. The molecule has 0 spiro atoms. The summed E-state index contributed by atoms with van der Waals surface area (Å²) in [7, 11) is 1.29. The smallest absolute Gasteiger partial charge is 0.343 e. The molecule has 0 fully saturated rings. The van der Waals surface area contributed by atoms with E-state index in [1.165, 1.54) is 19.4 Å². The van der Waals surface area contributed by atoms with Crippen LogP contribution < -0.4 is 5.63 Å². The number of hydrogen-bond acceptors (Lipinski definition) is 4. The molecule has 0 saturated carbocycles. The van der Waals surface area contributed by atoms with Gasteiger partial charge in [-0.2, -0.15) is 0 Å². The molecule has 0 amide bonds. The number of carbonyl (C=O) groups is 1. The lowest BCUT2D eigenvalue weighted by Crippen LogP contribution is -2.04. The molecule has 4 heteroatoms. The van der Waals surface area contributed by atoms with E-state index in [9.17, 15) is 9.59 Å². The van der Waals surface area contributed by atoms with Crippen molar-refractivity contribution in [3.63, 3.8) is 0 Å². The normalized spacial score (nSPS) is 10.2. The summed E-state index contributed by atoms with van der Waals surface area (Å²) in [6, 6.07) is 6.41. The molecule has 0 aliphatic rings. The van der Waals surface area contributed by atoms with Crippen LogP contribution in [0.3, 0.4) is 0 Å². The second-order valence-electron chi connectivity index (χ2n) is 3.00. The van der Waals surface area contributed by atoms with Crippen molar-refractivity contribution >= 4 is 16.7 Å². The number of carbonyl (C=O) groups excluding carboxylic acids is 1. The summed E-state index contributed by atoms with van der Waals surface area (Å²) >= 11 is 0. The molecule has 1 heterocycles. The largest absolute Gasteiger partial charge is 0.465 e. The molecule has 4 nitrogen and oxygen atoms in total. The Hall–Kier alpha value is -2.10. The van der Waals surface area contributed by atoms with Gasteiger partial charge in [0, 0.05) is 0 Å². The molecular weight excluding hydrogens is 196 g/mol. The van der Waals surface area contributed by atoms with E-state index in [-0.39, 0.29) is 0 Å². The molecule has 2 aromatic rings. The summed E-state index contributed by atoms with van der Waals surface area (Å²) in [6.45, 7) is 0. The van der Waals surface area contributed by atoms with Crippen LogP contribution in [0.1, 0.15) is 10.4 Å². The number of methoxy groups -OCH3 is 1. The lowest BCUT2D eigenvalue weighted by molar-refractivity contribution is 0.0601. The number of hydrogen-bond donors (Lipinski definition) is 0. The summed E-state index contributed by atoms with van der Waals surface area (Å²) in [5.74, 6) is -0.472. The van der Waals surface area contributed by atoms with Gasteiger partial charge in [0.1, 0.15) is 0 Å². The lowest BCUT2D eigenvalue weighted by Gasteiger charge is -2.00. The third-order valence-corrected chi connectivity index (χ3v) is 2.12. The van der Waals surface area contributed by atoms with Crippen LogP contribution in [0.25, 0.3) is 10.8 Å². The Morgan fingerprint density at radius 3 is 2.87 bits per heavy atom. The van der Waals surface area contributed by atoms with E-state index in [1.807, 2.05) is 0 Å².